The summed E-state index contributed by atoms with van der Waals surface area (Å²) in [4.78, 5) is 14.0. The molecule has 116 valence electrons. The van der Waals surface area contributed by atoms with Crippen molar-refractivity contribution in [3.63, 3.8) is 0 Å². The van der Waals surface area contributed by atoms with Gasteiger partial charge in [0.05, 0.1) is 6.04 Å². The van der Waals surface area contributed by atoms with E-state index in [0.717, 1.165) is 12.8 Å². The number of nitrogens with one attached hydrogen (secondary N) is 1. The Morgan fingerprint density at radius 2 is 2.14 bits per heavy atom. The van der Waals surface area contributed by atoms with Gasteiger partial charge in [0.15, 0.2) is 0 Å². The minimum atomic E-state index is -0.335. The molecule has 1 atom stereocenters. The Balaban J connectivity index is 1.95. The number of hydrogen-bond donors (Lipinski definition) is 1. The van der Waals surface area contributed by atoms with Crippen LogP contribution < -0.4 is 5.32 Å². The Labute approximate surface area is 130 Å². The average Bonchev–Trinajstić information content (AvgIpc) is 2.94. The number of nitrogens with zero attached hydrogens (tertiary/aromatic N) is 1. The van der Waals surface area contributed by atoms with Gasteiger partial charge in [-0.05, 0) is 38.9 Å². The lowest BCUT2D eigenvalue weighted by atomic mass is 10.1. The largest absolute Gasteiger partial charge is 0.352 e. The lowest BCUT2D eigenvalue weighted by molar-refractivity contribution is -0.126. The van der Waals surface area contributed by atoms with E-state index in [1.165, 1.54) is 18.9 Å². The van der Waals surface area contributed by atoms with Crippen molar-refractivity contribution in [2.45, 2.75) is 51.2 Å². The van der Waals surface area contributed by atoms with E-state index in [2.05, 4.69) is 5.32 Å². The van der Waals surface area contributed by atoms with Crippen molar-refractivity contribution in [1.29, 1.82) is 0 Å². The van der Waals surface area contributed by atoms with Crippen LogP contribution in [0.5, 0.6) is 0 Å². The second-order valence-corrected chi connectivity index (χ2v) is 6.19. The third-order valence-electron chi connectivity index (χ3n) is 4.21. The molecule has 1 aromatic carbocycles. The fourth-order valence-corrected chi connectivity index (χ4v) is 2.88. The van der Waals surface area contributed by atoms with Crippen LogP contribution in [0.1, 0.15) is 38.2 Å². The summed E-state index contributed by atoms with van der Waals surface area (Å²) in [6.07, 6.45) is 4.47. The van der Waals surface area contributed by atoms with E-state index in [4.69, 9.17) is 11.6 Å². The van der Waals surface area contributed by atoms with Crippen LogP contribution in [0.15, 0.2) is 18.2 Å². The van der Waals surface area contributed by atoms with Crippen molar-refractivity contribution in [1.82, 2.24) is 10.2 Å². The highest BCUT2D eigenvalue weighted by atomic mass is 35.5. The van der Waals surface area contributed by atoms with Gasteiger partial charge in [0.1, 0.15) is 5.82 Å². The van der Waals surface area contributed by atoms with E-state index >= 15 is 0 Å². The van der Waals surface area contributed by atoms with Gasteiger partial charge >= 0.3 is 0 Å². The van der Waals surface area contributed by atoms with Crippen molar-refractivity contribution in [2.75, 3.05) is 7.05 Å². The van der Waals surface area contributed by atoms with E-state index < -0.39 is 0 Å². The van der Waals surface area contributed by atoms with Crippen LogP contribution in [0.2, 0.25) is 5.02 Å². The number of carbonyl (C=O) groups excluding carboxylic acids is 1. The molecule has 5 heteroatoms. The molecule has 0 saturated heterocycles. The summed E-state index contributed by atoms with van der Waals surface area (Å²) >= 11 is 6.03. The first-order valence-corrected chi connectivity index (χ1v) is 7.80. The zero-order chi connectivity index (χ0) is 15.4. The molecule has 1 fully saturated rings. The van der Waals surface area contributed by atoms with Crippen molar-refractivity contribution >= 4 is 17.5 Å². The molecule has 1 N–H and O–H groups in total. The number of benzene rings is 1. The first-order chi connectivity index (χ1) is 9.99. The molecule has 1 unspecified atom stereocenters. The summed E-state index contributed by atoms with van der Waals surface area (Å²) in [5, 5.41) is 3.46. The minimum absolute atomic E-state index is 0.00291. The van der Waals surface area contributed by atoms with E-state index in [0.29, 0.717) is 23.2 Å². The predicted molar refractivity (Wildman–Crippen MR) is 82.7 cm³/mol. The van der Waals surface area contributed by atoms with Crippen molar-refractivity contribution in [2.24, 2.45) is 0 Å². The molecule has 3 nitrogen and oxygen atoms in total. The van der Waals surface area contributed by atoms with Gasteiger partial charge in [0.25, 0.3) is 0 Å². The molecule has 0 radical (unpaired) electrons. The standard InChI is InChI=1S/C16H22ClFN2O/c1-11(16(21)19-12-6-3-4-7-12)20(2)10-13-14(17)8-5-9-15(13)18/h5,8-9,11-12H,3-4,6-7,10H2,1-2H3,(H,19,21). The van der Waals surface area contributed by atoms with Gasteiger partial charge in [0.2, 0.25) is 5.91 Å². The molecule has 1 aromatic rings. The fraction of sp³-hybridized carbons (Fsp3) is 0.562. The van der Waals surface area contributed by atoms with Gasteiger partial charge < -0.3 is 5.32 Å². The Morgan fingerprint density at radius 3 is 2.76 bits per heavy atom. The van der Waals surface area contributed by atoms with Gasteiger partial charge in [-0.15, -0.1) is 0 Å². The van der Waals surface area contributed by atoms with E-state index in [1.807, 2.05) is 18.9 Å². The third-order valence-corrected chi connectivity index (χ3v) is 4.57. The summed E-state index contributed by atoms with van der Waals surface area (Å²) < 4.78 is 13.8. The van der Waals surface area contributed by atoms with Gasteiger partial charge in [-0.3, -0.25) is 9.69 Å². The number of rotatable bonds is 5. The van der Waals surface area contributed by atoms with Crippen molar-refractivity contribution in [3.05, 3.63) is 34.6 Å². The molecule has 1 aliphatic rings. The van der Waals surface area contributed by atoms with E-state index in [-0.39, 0.29) is 17.8 Å². The monoisotopic (exact) mass is 312 g/mol. The number of amides is 1. The summed E-state index contributed by atoms with van der Waals surface area (Å²) in [5.74, 6) is -0.338. The highest BCUT2D eigenvalue weighted by molar-refractivity contribution is 6.31. The highest BCUT2D eigenvalue weighted by Gasteiger charge is 2.24. The molecule has 2 rings (SSSR count). The second-order valence-electron chi connectivity index (χ2n) is 5.78. The number of hydrogen-bond acceptors (Lipinski definition) is 2. The lowest BCUT2D eigenvalue weighted by Gasteiger charge is -2.26. The Bertz CT molecular complexity index is 483. The van der Waals surface area contributed by atoms with Crippen LogP contribution in [-0.2, 0) is 11.3 Å². The molecule has 21 heavy (non-hydrogen) atoms. The normalized spacial score (nSPS) is 17.2. The first kappa shape index (κ1) is 16.2. The Kier molecular flexibility index (Phi) is 5.59. The topological polar surface area (TPSA) is 32.3 Å². The molecule has 0 bridgehead atoms. The second kappa shape index (κ2) is 7.23. The zero-order valence-corrected chi connectivity index (χ0v) is 13.3. The minimum Gasteiger partial charge on any atom is -0.352 e. The summed E-state index contributed by atoms with van der Waals surface area (Å²) in [6.45, 7) is 2.14. The van der Waals surface area contributed by atoms with Crippen LogP contribution in [-0.4, -0.2) is 29.9 Å². The average molecular weight is 313 g/mol. The maximum atomic E-state index is 13.8. The van der Waals surface area contributed by atoms with Crippen LogP contribution in [0.3, 0.4) is 0 Å². The van der Waals surface area contributed by atoms with Gasteiger partial charge in [-0.1, -0.05) is 30.5 Å². The number of likely N-dealkylation sites (N-methyl/N-ethyl adjacent to an activating group) is 1. The molecule has 0 heterocycles. The molecule has 1 saturated carbocycles. The molecular formula is C16H22ClFN2O. The summed E-state index contributed by atoms with van der Waals surface area (Å²) in [7, 11) is 1.81. The Morgan fingerprint density at radius 1 is 1.48 bits per heavy atom. The SMILES string of the molecule is CC(C(=O)NC1CCCC1)N(C)Cc1c(F)cccc1Cl. The van der Waals surface area contributed by atoms with Crippen molar-refractivity contribution in [3.8, 4) is 0 Å². The quantitative estimate of drug-likeness (QED) is 0.904. The molecule has 0 spiro atoms. The highest BCUT2D eigenvalue weighted by Crippen LogP contribution is 2.21. The molecule has 1 aliphatic carbocycles. The molecular weight excluding hydrogens is 291 g/mol. The first-order valence-electron chi connectivity index (χ1n) is 7.42. The van der Waals surface area contributed by atoms with Gasteiger partial charge in [-0.25, -0.2) is 4.39 Å². The van der Waals surface area contributed by atoms with Gasteiger partial charge in [0, 0.05) is 23.2 Å². The molecule has 1 amide bonds. The maximum absolute atomic E-state index is 13.8. The summed E-state index contributed by atoms with van der Waals surface area (Å²) in [6, 6.07) is 4.61. The fourth-order valence-electron chi connectivity index (χ4n) is 2.66. The smallest absolute Gasteiger partial charge is 0.237 e. The van der Waals surface area contributed by atoms with E-state index in [1.54, 1.807) is 12.1 Å². The number of carbonyl (C=O) groups is 1. The number of halogens is 2. The zero-order valence-electron chi connectivity index (χ0n) is 12.5. The molecule has 0 aliphatic heterocycles. The third kappa shape index (κ3) is 4.17. The summed E-state index contributed by atoms with van der Waals surface area (Å²) in [5.41, 5.74) is 0.433. The predicted octanol–water partition coefficient (Wildman–Crippen LogP) is 3.36. The van der Waals surface area contributed by atoms with Crippen LogP contribution in [0, 0.1) is 5.82 Å². The maximum Gasteiger partial charge on any atom is 0.237 e. The van der Waals surface area contributed by atoms with Crippen LogP contribution in [0.4, 0.5) is 4.39 Å². The van der Waals surface area contributed by atoms with Crippen LogP contribution >= 0.6 is 11.6 Å². The van der Waals surface area contributed by atoms with Crippen LogP contribution in [0.25, 0.3) is 0 Å². The lowest BCUT2D eigenvalue weighted by Crippen LogP contribution is -2.46. The Hall–Kier alpha value is -1.13. The molecule has 0 aromatic heterocycles. The van der Waals surface area contributed by atoms with E-state index in [9.17, 15) is 9.18 Å². The van der Waals surface area contributed by atoms with Gasteiger partial charge in [-0.2, -0.15) is 0 Å². The van der Waals surface area contributed by atoms with Crippen molar-refractivity contribution < 1.29 is 9.18 Å².